The third kappa shape index (κ3) is 4.71. The van der Waals surface area contributed by atoms with Crippen molar-refractivity contribution < 1.29 is 4.57 Å². The second kappa shape index (κ2) is 11.3. The summed E-state index contributed by atoms with van der Waals surface area (Å²) in [5.74, 6) is 2.47. The van der Waals surface area contributed by atoms with Crippen LogP contribution in [0.15, 0.2) is 97.1 Å². The summed E-state index contributed by atoms with van der Waals surface area (Å²) in [4.78, 5) is 0. The quantitative estimate of drug-likeness (QED) is 0.166. The van der Waals surface area contributed by atoms with Crippen LogP contribution < -0.4 is 4.57 Å². The number of hydrogen-bond donors (Lipinski definition) is 0. The first-order valence-corrected chi connectivity index (χ1v) is 17.2. The van der Waals surface area contributed by atoms with Crippen LogP contribution in [-0.4, -0.2) is 4.57 Å². The largest absolute Gasteiger partial charge is 0.295 e. The highest BCUT2D eigenvalue weighted by Gasteiger charge is 2.33. The van der Waals surface area contributed by atoms with Crippen LogP contribution in [-0.2, 0) is 7.05 Å². The Hall–Kier alpha value is -4.21. The fraction of sp³-hybridized carbons (Fsp3) is 0.262. The van der Waals surface area contributed by atoms with Crippen molar-refractivity contribution in [1.29, 1.82) is 0 Å². The second-order valence-electron chi connectivity index (χ2n) is 13.5. The molecule has 2 aromatic heterocycles. The SMILES string of the molecule is Cc1ccc2sc3c(-c4ccccc4)cccc3c2c1-c1n(-c2c(C(C)C)cc(C(C)C)cc2C(C)C)c2ccccc2[n+]1C. The highest BCUT2D eigenvalue weighted by molar-refractivity contribution is 7.26. The Morgan fingerprint density at radius 2 is 1.36 bits per heavy atom. The van der Waals surface area contributed by atoms with E-state index in [1.165, 1.54) is 81.7 Å². The van der Waals surface area contributed by atoms with Crippen LogP contribution >= 0.6 is 11.3 Å². The summed E-state index contributed by atoms with van der Waals surface area (Å²) >= 11 is 1.92. The average molecular weight is 608 g/mol. The van der Waals surface area contributed by atoms with Gasteiger partial charge >= 0.3 is 0 Å². The van der Waals surface area contributed by atoms with E-state index >= 15 is 0 Å². The van der Waals surface area contributed by atoms with Gasteiger partial charge in [0.25, 0.3) is 5.82 Å². The maximum absolute atomic E-state index is 2.61. The molecule has 45 heavy (non-hydrogen) atoms. The molecule has 226 valence electrons. The minimum atomic E-state index is 0.378. The molecule has 0 fully saturated rings. The van der Waals surface area contributed by atoms with E-state index < -0.39 is 0 Å². The van der Waals surface area contributed by atoms with Crippen molar-refractivity contribution in [3.05, 3.63) is 119 Å². The van der Waals surface area contributed by atoms with Crippen molar-refractivity contribution in [3.8, 4) is 28.2 Å². The van der Waals surface area contributed by atoms with Gasteiger partial charge in [-0.2, -0.15) is 4.57 Å². The summed E-state index contributed by atoms with van der Waals surface area (Å²) in [5.41, 5.74) is 13.3. The molecule has 0 aliphatic heterocycles. The molecule has 2 nitrogen and oxygen atoms in total. The van der Waals surface area contributed by atoms with E-state index in [1.807, 2.05) is 11.3 Å². The van der Waals surface area contributed by atoms with E-state index in [1.54, 1.807) is 0 Å². The predicted octanol–water partition coefficient (Wildman–Crippen LogP) is 11.8. The molecule has 0 radical (unpaired) electrons. The lowest BCUT2D eigenvalue weighted by molar-refractivity contribution is -0.633. The van der Waals surface area contributed by atoms with E-state index in [0.717, 1.165) is 0 Å². The first kappa shape index (κ1) is 29.5. The first-order valence-electron chi connectivity index (χ1n) is 16.4. The third-order valence-electron chi connectivity index (χ3n) is 9.52. The van der Waals surface area contributed by atoms with Gasteiger partial charge < -0.3 is 0 Å². The lowest BCUT2D eigenvalue weighted by Crippen LogP contribution is -2.30. The van der Waals surface area contributed by atoms with Gasteiger partial charge in [0.05, 0.1) is 12.6 Å². The van der Waals surface area contributed by atoms with Crippen molar-refractivity contribution >= 4 is 42.5 Å². The van der Waals surface area contributed by atoms with Gasteiger partial charge in [-0.05, 0) is 65.1 Å². The Kier molecular flexibility index (Phi) is 7.41. The average Bonchev–Trinajstić information content (AvgIpc) is 3.56. The maximum Gasteiger partial charge on any atom is 0.295 e. The normalized spacial score (nSPS) is 12.2. The summed E-state index contributed by atoms with van der Waals surface area (Å²) in [6.45, 7) is 16.3. The predicted molar refractivity (Wildman–Crippen MR) is 195 cm³/mol. The molecule has 0 bridgehead atoms. The third-order valence-corrected chi connectivity index (χ3v) is 10.7. The van der Waals surface area contributed by atoms with Crippen LogP contribution in [0, 0.1) is 6.92 Å². The van der Waals surface area contributed by atoms with Crippen LogP contribution in [0.3, 0.4) is 0 Å². The number of fused-ring (bicyclic) bond motifs is 4. The number of imidazole rings is 1. The summed E-state index contributed by atoms with van der Waals surface area (Å²) in [6, 6.07) is 36.2. The molecule has 7 rings (SSSR count). The molecule has 2 heterocycles. The van der Waals surface area contributed by atoms with Gasteiger partial charge in [-0.25, -0.2) is 4.57 Å². The van der Waals surface area contributed by atoms with Gasteiger partial charge in [0, 0.05) is 31.3 Å². The molecule has 0 N–H and O–H groups in total. The van der Waals surface area contributed by atoms with Gasteiger partial charge in [-0.15, -0.1) is 11.3 Å². The van der Waals surface area contributed by atoms with Gasteiger partial charge in [-0.1, -0.05) is 120 Å². The number of aromatic nitrogens is 2. The van der Waals surface area contributed by atoms with Crippen LogP contribution in [0.1, 0.15) is 81.5 Å². The van der Waals surface area contributed by atoms with Gasteiger partial charge in [0.2, 0.25) is 0 Å². The molecule has 0 saturated heterocycles. The lowest BCUT2D eigenvalue weighted by atomic mass is 9.87. The molecule has 0 aliphatic carbocycles. The lowest BCUT2D eigenvalue weighted by Gasteiger charge is -2.22. The fourth-order valence-corrected chi connectivity index (χ4v) is 8.37. The monoisotopic (exact) mass is 607 g/mol. The van der Waals surface area contributed by atoms with Crippen molar-refractivity contribution in [1.82, 2.24) is 4.57 Å². The zero-order chi connectivity index (χ0) is 31.6. The van der Waals surface area contributed by atoms with E-state index in [-0.39, 0.29) is 0 Å². The summed E-state index contributed by atoms with van der Waals surface area (Å²) in [6.07, 6.45) is 0. The highest BCUT2D eigenvalue weighted by Crippen LogP contribution is 2.46. The zero-order valence-corrected chi connectivity index (χ0v) is 28.6. The second-order valence-corrected chi connectivity index (χ2v) is 14.6. The van der Waals surface area contributed by atoms with E-state index in [0.29, 0.717) is 17.8 Å². The number of para-hydroxylation sites is 2. The van der Waals surface area contributed by atoms with Gasteiger partial charge in [0.1, 0.15) is 5.69 Å². The topological polar surface area (TPSA) is 8.81 Å². The number of aryl methyl sites for hydroxylation is 2. The molecule has 0 unspecified atom stereocenters. The van der Waals surface area contributed by atoms with Crippen molar-refractivity contribution in [2.75, 3.05) is 0 Å². The Morgan fingerprint density at radius 3 is 2.02 bits per heavy atom. The Morgan fingerprint density at radius 1 is 0.689 bits per heavy atom. The van der Waals surface area contributed by atoms with E-state index in [9.17, 15) is 0 Å². The summed E-state index contributed by atoms with van der Waals surface area (Å²) in [7, 11) is 2.25. The van der Waals surface area contributed by atoms with Crippen LogP contribution in [0.2, 0.25) is 0 Å². The standard InChI is InChI=1S/C42H43N2S/c1-25(2)30-23-33(26(3)4)40(34(24-30)27(5)6)44-36-20-13-12-19-35(36)43(8)42(44)38-28(7)21-22-37-39(38)32-18-14-17-31(41(32)45-37)29-15-10-9-11-16-29/h9-27H,1-8H3/q+1. The van der Waals surface area contributed by atoms with Crippen molar-refractivity contribution in [2.45, 2.75) is 66.2 Å². The van der Waals surface area contributed by atoms with Crippen molar-refractivity contribution in [2.24, 2.45) is 7.05 Å². The van der Waals surface area contributed by atoms with E-state index in [2.05, 4.69) is 162 Å². The van der Waals surface area contributed by atoms with Crippen LogP contribution in [0.5, 0.6) is 0 Å². The first-order chi connectivity index (χ1) is 21.7. The van der Waals surface area contributed by atoms with Crippen LogP contribution in [0.4, 0.5) is 0 Å². The molecule has 0 saturated carbocycles. The van der Waals surface area contributed by atoms with E-state index in [4.69, 9.17) is 0 Å². The van der Waals surface area contributed by atoms with Crippen LogP contribution in [0.25, 0.3) is 59.4 Å². The molecule has 5 aromatic carbocycles. The molecule has 0 aliphatic rings. The molecule has 0 spiro atoms. The molecular weight excluding hydrogens is 565 g/mol. The molecular formula is C42H43N2S+. The van der Waals surface area contributed by atoms with Crippen molar-refractivity contribution in [3.63, 3.8) is 0 Å². The Balaban J connectivity index is 1.66. The fourth-order valence-electron chi connectivity index (χ4n) is 7.12. The summed E-state index contributed by atoms with van der Waals surface area (Å²) in [5, 5.41) is 2.68. The minimum Gasteiger partial charge on any atom is -0.225 e. The molecule has 3 heteroatoms. The highest BCUT2D eigenvalue weighted by atomic mass is 32.1. The maximum atomic E-state index is 2.61. The van der Waals surface area contributed by atoms with Gasteiger partial charge in [0.15, 0.2) is 11.0 Å². The number of thiophene rings is 1. The Bertz CT molecular complexity index is 2180. The molecule has 0 atom stereocenters. The minimum absolute atomic E-state index is 0.378. The zero-order valence-electron chi connectivity index (χ0n) is 27.8. The number of nitrogens with zero attached hydrogens (tertiary/aromatic N) is 2. The van der Waals surface area contributed by atoms with Gasteiger partial charge in [-0.3, -0.25) is 0 Å². The number of rotatable bonds is 6. The molecule has 0 amide bonds. The number of hydrogen-bond acceptors (Lipinski definition) is 1. The number of benzene rings is 5. The smallest absolute Gasteiger partial charge is 0.225 e. The Labute approximate surface area is 271 Å². The summed E-state index contributed by atoms with van der Waals surface area (Å²) < 4.78 is 7.72. The molecule has 7 aromatic rings.